The Kier molecular flexibility index (Phi) is 4.71. The predicted octanol–water partition coefficient (Wildman–Crippen LogP) is 1.83. The van der Waals surface area contributed by atoms with Gasteiger partial charge in [0.05, 0.1) is 5.69 Å². The summed E-state index contributed by atoms with van der Waals surface area (Å²) in [7, 11) is 0. The van der Waals surface area contributed by atoms with Crippen molar-refractivity contribution in [3.05, 3.63) is 17.0 Å². The molecule has 0 atom stereocenters. The summed E-state index contributed by atoms with van der Waals surface area (Å²) in [5.41, 5.74) is 3.17. The minimum Gasteiger partial charge on any atom is -0.361 e. The molecule has 1 rings (SSSR count). The predicted molar refractivity (Wildman–Crippen MR) is 54.4 cm³/mol. The van der Waals surface area contributed by atoms with E-state index in [9.17, 15) is 18.0 Å². The summed E-state index contributed by atoms with van der Waals surface area (Å²) in [6.45, 7) is 1.92. The van der Waals surface area contributed by atoms with Crippen LogP contribution in [0, 0.1) is 13.8 Å². The van der Waals surface area contributed by atoms with Gasteiger partial charge >= 0.3 is 6.18 Å². The number of hydrogen-bond donors (Lipinski definition) is 1. The molecule has 1 N–H and O–H groups in total. The number of aryl methyl sites for hydroxylation is 2. The molecule has 0 fully saturated rings. The lowest BCUT2D eigenvalue weighted by atomic mass is 10.1. The van der Waals surface area contributed by atoms with Gasteiger partial charge in [-0.3, -0.25) is 9.63 Å². The van der Waals surface area contributed by atoms with Crippen molar-refractivity contribution in [2.75, 3.05) is 6.61 Å². The van der Waals surface area contributed by atoms with E-state index in [1.54, 1.807) is 19.3 Å². The van der Waals surface area contributed by atoms with Crippen LogP contribution in [-0.2, 0) is 16.1 Å². The minimum atomic E-state index is -4.46. The average molecular weight is 266 g/mol. The van der Waals surface area contributed by atoms with Crippen LogP contribution in [0.3, 0.4) is 0 Å². The Labute approximate surface area is 101 Å². The molecule has 0 aliphatic carbocycles. The molecule has 0 unspecified atom stereocenters. The largest absolute Gasteiger partial charge is 0.414 e. The second-order valence-electron chi connectivity index (χ2n) is 3.73. The summed E-state index contributed by atoms with van der Waals surface area (Å²) in [6, 6.07) is 0. The van der Waals surface area contributed by atoms with E-state index >= 15 is 0 Å². The van der Waals surface area contributed by atoms with E-state index < -0.39 is 18.7 Å². The highest BCUT2D eigenvalue weighted by molar-refractivity contribution is 5.75. The number of alkyl halides is 3. The minimum absolute atomic E-state index is 0.000745. The third kappa shape index (κ3) is 4.74. The Hall–Kier alpha value is -1.57. The van der Waals surface area contributed by atoms with Crippen LogP contribution in [0.5, 0.6) is 0 Å². The van der Waals surface area contributed by atoms with Gasteiger partial charge in [0.1, 0.15) is 5.76 Å². The molecular formula is C10H13F3N2O3. The second kappa shape index (κ2) is 5.85. The third-order valence-electron chi connectivity index (χ3n) is 2.21. The van der Waals surface area contributed by atoms with Crippen LogP contribution in [0.4, 0.5) is 13.2 Å². The van der Waals surface area contributed by atoms with Crippen molar-refractivity contribution in [1.82, 2.24) is 10.6 Å². The molecule has 0 radical (unpaired) electrons. The first-order valence-corrected chi connectivity index (χ1v) is 5.18. The van der Waals surface area contributed by atoms with Gasteiger partial charge in [-0.05, 0) is 20.3 Å². The van der Waals surface area contributed by atoms with E-state index in [4.69, 9.17) is 4.52 Å². The molecular weight excluding hydrogens is 253 g/mol. The van der Waals surface area contributed by atoms with Crippen LogP contribution in [-0.4, -0.2) is 23.8 Å². The molecule has 1 aromatic heterocycles. The quantitative estimate of drug-likeness (QED) is 0.826. The first-order valence-electron chi connectivity index (χ1n) is 5.18. The van der Waals surface area contributed by atoms with Gasteiger partial charge in [0.25, 0.3) is 0 Å². The van der Waals surface area contributed by atoms with Crippen molar-refractivity contribution < 1.29 is 27.3 Å². The van der Waals surface area contributed by atoms with Gasteiger partial charge in [-0.25, -0.2) is 5.48 Å². The number of rotatable bonds is 5. The van der Waals surface area contributed by atoms with Crippen molar-refractivity contribution in [2.24, 2.45) is 0 Å². The fraction of sp³-hybridized carbons (Fsp3) is 0.600. The van der Waals surface area contributed by atoms with Crippen molar-refractivity contribution in [3.8, 4) is 0 Å². The molecule has 0 aromatic carbocycles. The summed E-state index contributed by atoms with van der Waals surface area (Å²) in [4.78, 5) is 15.2. The highest BCUT2D eigenvalue weighted by atomic mass is 19.4. The molecule has 0 aliphatic rings. The van der Waals surface area contributed by atoms with Gasteiger partial charge in [0, 0.05) is 12.0 Å². The van der Waals surface area contributed by atoms with E-state index in [-0.39, 0.29) is 6.42 Å². The Morgan fingerprint density at radius 3 is 2.61 bits per heavy atom. The van der Waals surface area contributed by atoms with Gasteiger partial charge in [0.15, 0.2) is 6.61 Å². The molecule has 1 amide bonds. The summed E-state index contributed by atoms with van der Waals surface area (Å²) < 4.78 is 40.1. The van der Waals surface area contributed by atoms with E-state index in [0.29, 0.717) is 17.9 Å². The molecule has 5 nitrogen and oxygen atoms in total. The fourth-order valence-electron chi connectivity index (χ4n) is 1.35. The van der Waals surface area contributed by atoms with Crippen molar-refractivity contribution in [1.29, 1.82) is 0 Å². The molecule has 0 saturated heterocycles. The topological polar surface area (TPSA) is 64.4 Å². The lowest BCUT2D eigenvalue weighted by Gasteiger charge is -2.08. The maximum atomic E-state index is 11.7. The van der Waals surface area contributed by atoms with Gasteiger partial charge in [-0.2, -0.15) is 13.2 Å². The van der Waals surface area contributed by atoms with E-state index in [0.717, 1.165) is 5.56 Å². The first kappa shape index (κ1) is 14.5. The molecule has 0 aliphatic heterocycles. The highest BCUT2D eigenvalue weighted by Crippen LogP contribution is 2.15. The Morgan fingerprint density at radius 1 is 1.44 bits per heavy atom. The molecule has 102 valence electrons. The summed E-state index contributed by atoms with van der Waals surface area (Å²) in [5, 5.41) is 3.70. The van der Waals surface area contributed by atoms with Crippen LogP contribution in [0.2, 0.25) is 0 Å². The maximum Gasteiger partial charge on any atom is 0.414 e. The van der Waals surface area contributed by atoms with Gasteiger partial charge in [-0.1, -0.05) is 5.16 Å². The fourth-order valence-corrected chi connectivity index (χ4v) is 1.35. The second-order valence-corrected chi connectivity index (χ2v) is 3.73. The molecule has 0 bridgehead atoms. The van der Waals surface area contributed by atoms with Crippen LogP contribution in [0.15, 0.2) is 4.52 Å². The van der Waals surface area contributed by atoms with Crippen molar-refractivity contribution >= 4 is 5.91 Å². The number of nitrogens with one attached hydrogen (secondary N) is 1. The molecule has 1 aromatic rings. The average Bonchev–Trinajstić information content (AvgIpc) is 2.54. The molecule has 1 heterocycles. The Bertz CT molecular complexity index is 395. The SMILES string of the molecule is Cc1noc(C)c1CCC(=O)NOCC(F)(F)F. The smallest absolute Gasteiger partial charge is 0.361 e. The van der Waals surface area contributed by atoms with Crippen LogP contribution < -0.4 is 5.48 Å². The number of halogens is 3. The number of hydrogen-bond acceptors (Lipinski definition) is 4. The Balaban J connectivity index is 2.30. The zero-order valence-corrected chi connectivity index (χ0v) is 9.93. The summed E-state index contributed by atoms with van der Waals surface area (Å²) in [5.74, 6) is -0.0317. The maximum absolute atomic E-state index is 11.7. The summed E-state index contributed by atoms with van der Waals surface area (Å²) >= 11 is 0. The van der Waals surface area contributed by atoms with Gasteiger partial charge in [-0.15, -0.1) is 0 Å². The number of carbonyl (C=O) groups is 1. The number of amides is 1. The van der Waals surface area contributed by atoms with Crippen molar-refractivity contribution in [2.45, 2.75) is 32.9 Å². The zero-order valence-electron chi connectivity index (χ0n) is 9.93. The number of carbonyl (C=O) groups excluding carboxylic acids is 1. The summed E-state index contributed by atoms with van der Waals surface area (Å²) in [6.07, 6.45) is -4.13. The number of nitrogens with zero attached hydrogens (tertiary/aromatic N) is 1. The third-order valence-corrected chi connectivity index (χ3v) is 2.21. The van der Waals surface area contributed by atoms with Gasteiger partial charge < -0.3 is 4.52 Å². The number of aromatic nitrogens is 1. The van der Waals surface area contributed by atoms with E-state index in [1.165, 1.54) is 0 Å². The van der Waals surface area contributed by atoms with Crippen LogP contribution >= 0.6 is 0 Å². The normalized spacial score (nSPS) is 11.6. The molecule has 8 heteroatoms. The van der Waals surface area contributed by atoms with E-state index in [2.05, 4.69) is 9.99 Å². The highest BCUT2D eigenvalue weighted by Gasteiger charge is 2.28. The van der Waals surface area contributed by atoms with Crippen LogP contribution in [0.1, 0.15) is 23.4 Å². The van der Waals surface area contributed by atoms with Gasteiger partial charge in [0.2, 0.25) is 5.91 Å². The lowest BCUT2D eigenvalue weighted by molar-refractivity contribution is -0.191. The lowest BCUT2D eigenvalue weighted by Crippen LogP contribution is -2.29. The standard InChI is InChI=1S/C10H13F3N2O3/c1-6-8(7(2)18-14-6)3-4-9(16)15-17-5-10(11,12)13/h3-5H2,1-2H3,(H,15,16). The first-order chi connectivity index (χ1) is 8.29. The van der Waals surface area contributed by atoms with Crippen molar-refractivity contribution in [3.63, 3.8) is 0 Å². The number of hydroxylamine groups is 1. The molecule has 0 saturated carbocycles. The van der Waals surface area contributed by atoms with E-state index in [1.807, 2.05) is 0 Å². The van der Waals surface area contributed by atoms with Crippen LogP contribution in [0.25, 0.3) is 0 Å². The zero-order chi connectivity index (χ0) is 13.8. The molecule has 0 spiro atoms. The Morgan fingerprint density at radius 2 is 2.11 bits per heavy atom. The monoisotopic (exact) mass is 266 g/mol. The molecule has 18 heavy (non-hydrogen) atoms.